The standard InChI is InChI=1S/C25H26N2O6/c1-5-14-24(3)25(23(30)33-4,18-11-7-6-8-12-18)21(20(22(28)29)16(2)26-24)17-10-9-13-19(15-17)27(31)32/h5-15,21,26H,1-4H3,(H,28,29)/b14-5+. The van der Waals surface area contributed by atoms with E-state index in [2.05, 4.69) is 5.32 Å². The molecule has 0 fully saturated rings. The molecule has 2 aromatic rings. The topological polar surface area (TPSA) is 119 Å². The molecule has 0 bridgehead atoms. The Morgan fingerprint density at radius 2 is 1.85 bits per heavy atom. The molecular weight excluding hydrogens is 424 g/mol. The maximum Gasteiger partial charge on any atom is 0.333 e. The van der Waals surface area contributed by atoms with Crippen molar-refractivity contribution < 1.29 is 24.4 Å². The van der Waals surface area contributed by atoms with Crippen molar-refractivity contribution in [2.24, 2.45) is 0 Å². The lowest BCUT2D eigenvalue weighted by Crippen LogP contribution is -2.67. The fourth-order valence-corrected chi connectivity index (χ4v) is 5.09. The number of esters is 1. The van der Waals surface area contributed by atoms with Crippen LogP contribution in [-0.4, -0.2) is 34.6 Å². The van der Waals surface area contributed by atoms with E-state index in [1.165, 1.54) is 25.3 Å². The molecule has 0 aromatic heterocycles. The van der Waals surface area contributed by atoms with Crippen molar-refractivity contribution in [1.82, 2.24) is 5.32 Å². The first-order valence-corrected chi connectivity index (χ1v) is 10.4. The molecule has 2 aromatic carbocycles. The summed E-state index contributed by atoms with van der Waals surface area (Å²) < 4.78 is 5.32. The molecule has 3 rings (SSSR count). The first-order chi connectivity index (χ1) is 15.6. The van der Waals surface area contributed by atoms with Crippen LogP contribution < -0.4 is 5.32 Å². The van der Waals surface area contributed by atoms with Crippen molar-refractivity contribution in [2.45, 2.75) is 37.6 Å². The maximum absolute atomic E-state index is 13.8. The Bertz CT molecular complexity index is 1160. The summed E-state index contributed by atoms with van der Waals surface area (Å²) in [7, 11) is 1.25. The molecule has 0 radical (unpaired) electrons. The molecule has 8 nitrogen and oxygen atoms in total. The highest BCUT2D eigenvalue weighted by Gasteiger charge is 2.64. The van der Waals surface area contributed by atoms with Crippen molar-refractivity contribution in [3.63, 3.8) is 0 Å². The first kappa shape index (κ1) is 23.7. The van der Waals surface area contributed by atoms with E-state index in [4.69, 9.17) is 4.74 Å². The van der Waals surface area contributed by atoms with Crippen LogP contribution in [-0.2, 0) is 19.7 Å². The number of hydrogen-bond acceptors (Lipinski definition) is 6. The van der Waals surface area contributed by atoms with Crippen LogP contribution in [0.4, 0.5) is 5.69 Å². The molecule has 3 unspecified atom stereocenters. The van der Waals surface area contributed by atoms with Gasteiger partial charge in [-0.05, 0) is 31.9 Å². The molecule has 1 heterocycles. The zero-order valence-electron chi connectivity index (χ0n) is 18.9. The van der Waals surface area contributed by atoms with E-state index < -0.39 is 33.7 Å². The second kappa shape index (κ2) is 8.90. The number of carbonyl (C=O) groups is 2. The Labute approximate surface area is 191 Å². The van der Waals surface area contributed by atoms with E-state index in [-0.39, 0.29) is 11.3 Å². The number of nitrogens with one attached hydrogen (secondary N) is 1. The van der Waals surface area contributed by atoms with E-state index in [0.29, 0.717) is 16.8 Å². The fourth-order valence-electron chi connectivity index (χ4n) is 5.09. The lowest BCUT2D eigenvalue weighted by Gasteiger charge is -2.54. The molecule has 0 saturated carbocycles. The van der Waals surface area contributed by atoms with Crippen LogP contribution in [0, 0.1) is 10.1 Å². The van der Waals surface area contributed by atoms with Gasteiger partial charge < -0.3 is 15.2 Å². The second-order valence-corrected chi connectivity index (χ2v) is 8.12. The van der Waals surface area contributed by atoms with Crippen molar-refractivity contribution >= 4 is 17.6 Å². The SMILES string of the molecule is C/C=C/C1(C)NC(C)=C(C(=O)O)C(c2cccc([N+](=O)[O-])c2)C1(C(=O)OC)c1ccccc1. The monoisotopic (exact) mass is 450 g/mol. The Hall–Kier alpha value is -3.94. The minimum Gasteiger partial charge on any atom is -0.478 e. The molecule has 1 aliphatic rings. The number of carbonyl (C=O) groups excluding carboxylic acids is 1. The molecule has 0 aliphatic carbocycles. The smallest absolute Gasteiger partial charge is 0.333 e. The molecule has 8 heteroatoms. The number of aliphatic carboxylic acids is 1. The second-order valence-electron chi connectivity index (χ2n) is 8.12. The molecule has 0 spiro atoms. The normalized spacial score (nSPS) is 24.9. The van der Waals surface area contributed by atoms with Crippen LogP contribution in [0.2, 0.25) is 0 Å². The van der Waals surface area contributed by atoms with Gasteiger partial charge in [0.2, 0.25) is 0 Å². The van der Waals surface area contributed by atoms with Gasteiger partial charge in [-0.3, -0.25) is 14.9 Å². The van der Waals surface area contributed by atoms with E-state index in [0.717, 1.165) is 0 Å². The zero-order chi connectivity index (χ0) is 24.4. The molecule has 3 atom stereocenters. The number of methoxy groups -OCH3 is 1. The van der Waals surface area contributed by atoms with E-state index in [9.17, 15) is 24.8 Å². The van der Waals surface area contributed by atoms with Gasteiger partial charge in [-0.2, -0.15) is 0 Å². The van der Waals surface area contributed by atoms with Crippen LogP contribution >= 0.6 is 0 Å². The molecule has 172 valence electrons. The summed E-state index contributed by atoms with van der Waals surface area (Å²) in [5.41, 5.74) is -1.79. The first-order valence-electron chi connectivity index (χ1n) is 10.4. The van der Waals surface area contributed by atoms with E-state index in [1.54, 1.807) is 69.3 Å². The number of hydrogen-bond donors (Lipinski definition) is 2. The van der Waals surface area contributed by atoms with Gasteiger partial charge >= 0.3 is 11.9 Å². The average molecular weight is 450 g/mol. The highest BCUT2D eigenvalue weighted by molar-refractivity contribution is 5.97. The van der Waals surface area contributed by atoms with Crippen molar-refractivity contribution in [1.29, 1.82) is 0 Å². The quantitative estimate of drug-likeness (QED) is 0.294. The van der Waals surface area contributed by atoms with Crippen LogP contribution in [0.15, 0.2) is 78.0 Å². The van der Waals surface area contributed by atoms with Crippen LogP contribution in [0.25, 0.3) is 0 Å². The number of rotatable bonds is 6. The third kappa shape index (κ3) is 3.67. The summed E-state index contributed by atoms with van der Waals surface area (Å²) >= 11 is 0. The number of nitro groups is 1. The summed E-state index contributed by atoms with van der Waals surface area (Å²) in [6.07, 6.45) is 3.57. The fraction of sp³-hybridized carbons (Fsp3) is 0.280. The zero-order valence-corrected chi connectivity index (χ0v) is 18.9. The lowest BCUT2D eigenvalue weighted by atomic mass is 9.53. The van der Waals surface area contributed by atoms with Gasteiger partial charge in [-0.25, -0.2) is 4.79 Å². The number of allylic oxidation sites excluding steroid dienone is 2. The Kier molecular flexibility index (Phi) is 6.39. The summed E-state index contributed by atoms with van der Waals surface area (Å²) in [5, 5.41) is 25.0. The van der Waals surface area contributed by atoms with E-state index in [1.807, 2.05) is 0 Å². The number of carboxylic acids is 1. The molecule has 2 N–H and O–H groups in total. The Balaban J connectivity index is 2.56. The summed E-state index contributed by atoms with van der Waals surface area (Å²) in [6, 6.07) is 14.5. The minimum atomic E-state index is -1.60. The van der Waals surface area contributed by atoms with Gasteiger partial charge in [0, 0.05) is 23.7 Å². The van der Waals surface area contributed by atoms with E-state index >= 15 is 0 Å². The molecule has 1 aliphatic heterocycles. The van der Waals surface area contributed by atoms with Gasteiger partial charge in [0.25, 0.3) is 5.69 Å². The highest BCUT2D eigenvalue weighted by atomic mass is 16.6. The number of non-ortho nitro benzene ring substituents is 1. The van der Waals surface area contributed by atoms with Crippen LogP contribution in [0.5, 0.6) is 0 Å². The highest BCUT2D eigenvalue weighted by Crippen LogP contribution is 2.55. The maximum atomic E-state index is 13.8. The minimum absolute atomic E-state index is 0.0632. The molecule has 0 amide bonds. The number of carboxylic acid groups (broad SMARTS) is 1. The number of benzene rings is 2. The van der Waals surface area contributed by atoms with Crippen LogP contribution in [0.3, 0.4) is 0 Å². The summed E-state index contributed by atoms with van der Waals surface area (Å²) in [5.74, 6) is -2.99. The van der Waals surface area contributed by atoms with Crippen molar-refractivity contribution in [2.75, 3.05) is 7.11 Å². The summed E-state index contributed by atoms with van der Waals surface area (Å²) in [6.45, 7) is 5.22. The third-order valence-electron chi connectivity index (χ3n) is 6.27. The number of nitrogens with zero attached hydrogens (tertiary/aromatic N) is 1. The van der Waals surface area contributed by atoms with Gasteiger partial charge in [0.15, 0.2) is 0 Å². The largest absolute Gasteiger partial charge is 0.478 e. The molecular formula is C25H26N2O6. The van der Waals surface area contributed by atoms with Gasteiger partial charge in [-0.15, -0.1) is 0 Å². The van der Waals surface area contributed by atoms with Crippen LogP contribution in [0.1, 0.15) is 37.8 Å². The molecule has 0 saturated heterocycles. The predicted molar refractivity (Wildman–Crippen MR) is 123 cm³/mol. The summed E-state index contributed by atoms with van der Waals surface area (Å²) in [4.78, 5) is 37.4. The van der Waals surface area contributed by atoms with Gasteiger partial charge in [0.05, 0.1) is 23.1 Å². The molecule has 33 heavy (non-hydrogen) atoms. The Morgan fingerprint density at radius 3 is 2.39 bits per heavy atom. The van der Waals surface area contributed by atoms with Crippen molar-refractivity contribution in [3.05, 3.63) is 99.3 Å². The number of ether oxygens (including phenoxy) is 1. The number of nitro benzene ring substituents is 1. The van der Waals surface area contributed by atoms with Crippen molar-refractivity contribution in [3.8, 4) is 0 Å². The average Bonchev–Trinajstić information content (AvgIpc) is 2.78. The van der Waals surface area contributed by atoms with Gasteiger partial charge in [-0.1, -0.05) is 54.6 Å². The van der Waals surface area contributed by atoms with Gasteiger partial charge in [0.1, 0.15) is 5.41 Å². The lowest BCUT2D eigenvalue weighted by molar-refractivity contribution is -0.384. The third-order valence-corrected chi connectivity index (χ3v) is 6.27. The predicted octanol–water partition coefficient (Wildman–Crippen LogP) is 4.09. The Morgan fingerprint density at radius 1 is 1.18 bits per heavy atom.